The Morgan fingerprint density at radius 1 is 1.42 bits per heavy atom. The Labute approximate surface area is 106 Å². The Bertz CT molecular complexity index is 498. The van der Waals surface area contributed by atoms with E-state index >= 15 is 0 Å². The maximum absolute atomic E-state index is 12.8. The molecule has 8 heteroatoms. The van der Waals surface area contributed by atoms with Crippen molar-refractivity contribution in [2.75, 3.05) is 13.2 Å². The lowest BCUT2D eigenvalue weighted by atomic mass is 10.1. The number of hydrogen-bond acceptors (Lipinski definition) is 4. The number of ether oxygens (including phenoxy) is 2. The molecule has 104 valence electrons. The summed E-state index contributed by atoms with van der Waals surface area (Å²) in [6.45, 7) is 0.778. The second kappa shape index (κ2) is 4.96. The standard InChI is InChI=1S/C11H11F3N2O3/c12-11(13,14)9-2-1-6(19-7-4-18-5-7)3-8(9)10(15)16-17/h1-3,7,17H,4-5H2,(H2,15,16). The molecule has 1 heterocycles. The van der Waals surface area contributed by atoms with Crippen LogP contribution in [-0.4, -0.2) is 30.4 Å². The summed E-state index contributed by atoms with van der Waals surface area (Å²) in [5.41, 5.74) is 3.85. The van der Waals surface area contributed by atoms with Crippen molar-refractivity contribution in [1.29, 1.82) is 0 Å². The molecule has 1 aromatic carbocycles. The third-order valence-corrected chi connectivity index (χ3v) is 2.59. The lowest BCUT2D eigenvalue weighted by molar-refractivity contribution is -0.137. The number of rotatable bonds is 3. The lowest BCUT2D eigenvalue weighted by Gasteiger charge is -2.27. The number of nitrogens with zero attached hydrogens (tertiary/aromatic N) is 1. The van der Waals surface area contributed by atoms with Gasteiger partial charge in [-0.25, -0.2) is 0 Å². The number of oxime groups is 1. The van der Waals surface area contributed by atoms with Crippen LogP contribution in [0, 0.1) is 0 Å². The van der Waals surface area contributed by atoms with Gasteiger partial charge in [-0.15, -0.1) is 0 Å². The predicted octanol–water partition coefficient (Wildman–Crippen LogP) is 1.58. The minimum Gasteiger partial charge on any atom is -0.486 e. The van der Waals surface area contributed by atoms with Crippen LogP contribution in [0.5, 0.6) is 5.75 Å². The first-order valence-corrected chi connectivity index (χ1v) is 5.35. The van der Waals surface area contributed by atoms with Gasteiger partial charge in [0.25, 0.3) is 0 Å². The smallest absolute Gasteiger partial charge is 0.417 e. The van der Waals surface area contributed by atoms with Crippen LogP contribution in [0.25, 0.3) is 0 Å². The minimum absolute atomic E-state index is 0.183. The van der Waals surface area contributed by atoms with E-state index in [4.69, 9.17) is 20.4 Å². The van der Waals surface area contributed by atoms with Crippen molar-refractivity contribution >= 4 is 5.84 Å². The van der Waals surface area contributed by atoms with Gasteiger partial charge in [-0.2, -0.15) is 13.2 Å². The predicted molar refractivity (Wildman–Crippen MR) is 59.2 cm³/mol. The van der Waals surface area contributed by atoms with Crippen LogP contribution >= 0.6 is 0 Å². The largest absolute Gasteiger partial charge is 0.486 e. The number of hydrogen-bond donors (Lipinski definition) is 2. The fourth-order valence-electron chi connectivity index (χ4n) is 1.58. The van der Waals surface area contributed by atoms with Gasteiger partial charge in [0, 0.05) is 5.56 Å². The van der Waals surface area contributed by atoms with Gasteiger partial charge < -0.3 is 20.4 Å². The summed E-state index contributed by atoms with van der Waals surface area (Å²) in [5, 5.41) is 11.1. The highest BCUT2D eigenvalue weighted by Gasteiger charge is 2.35. The van der Waals surface area contributed by atoms with Crippen molar-refractivity contribution in [2.45, 2.75) is 12.3 Å². The van der Waals surface area contributed by atoms with Crippen LogP contribution < -0.4 is 10.5 Å². The molecule has 2 rings (SSSR count). The molecule has 0 bridgehead atoms. The first kappa shape index (κ1) is 13.5. The van der Waals surface area contributed by atoms with E-state index in [0.29, 0.717) is 13.2 Å². The van der Waals surface area contributed by atoms with Crippen molar-refractivity contribution in [1.82, 2.24) is 0 Å². The van der Waals surface area contributed by atoms with E-state index in [-0.39, 0.29) is 11.9 Å². The summed E-state index contributed by atoms with van der Waals surface area (Å²) < 4.78 is 48.6. The molecule has 3 N–H and O–H groups in total. The van der Waals surface area contributed by atoms with Gasteiger partial charge in [0.15, 0.2) is 5.84 Å². The number of halogens is 3. The summed E-state index contributed by atoms with van der Waals surface area (Å²) in [6.07, 6.45) is -4.78. The van der Waals surface area contributed by atoms with Gasteiger partial charge in [0.05, 0.1) is 18.8 Å². The fourth-order valence-corrected chi connectivity index (χ4v) is 1.58. The molecule has 0 aliphatic carbocycles. The maximum atomic E-state index is 12.8. The fraction of sp³-hybridized carbons (Fsp3) is 0.364. The van der Waals surface area contributed by atoms with Crippen LogP contribution in [0.15, 0.2) is 23.4 Å². The Hall–Kier alpha value is -1.96. The molecule has 5 nitrogen and oxygen atoms in total. The van der Waals surface area contributed by atoms with E-state index in [0.717, 1.165) is 12.1 Å². The van der Waals surface area contributed by atoms with Crippen LogP contribution in [0.2, 0.25) is 0 Å². The molecule has 1 aromatic rings. The maximum Gasteiger partial charge on any atom is 0.417 e. The van der Waals surface area contributed by atoms with E-state index in [1.165, 1.54) is 6.07 Å². The highest BCUT2D eigenvalue weighted by molar-refractivity contribution is 5.99. The molecule has 0 amide bonds. The molecule has 0 aromatic heterocycles. The lowest BCUT2D eigenvalue weighted by Crippen LogP contribution is -2.38. The molecule has 0 radical (unpaired) electrons. The minimum atomic E-state index is -4.59. The van der Waals surface area contributed by atoms with Gasteiger partial charge in [0.1, 0.15) is 11.9 Å². The Morgan fingerprint density at radius 3 is 2.58 bits per heavy atom. The highest BCUT2D eigenvalue weighted by atomic mass is 19.4. The van der Waals surface area contributed by atoms with Crippen LogP contribution in [0.1, 0.15) is 11.1 Å². The Kier molecular flexibility index (Phi) is 3.52. The average Bonchev–Trinajstić information content (AvgIpc) is 2.31. The molecule has 0 saturated carbocycles. The van der Waals surface area contributed by atoms with Crippen LogP contribution in [0.3, 0.4) is 0 Å². The third kappa shape index (κ3) is 2.90. The molecule has 0 spiro atoms. The molecule has 0 unspecified atom stereocenters. The van der Waals surface area contributed by atoms with Crippen molar-refractivity contribution in [3.8, 4) is 5.75 Å². The second-order valence-electron chi connectivity index (χ2n) is 3.97. The zero-order valence-electron chi connectivity index (χ0n) is 9.65. The Balaban J connectivity index is 2.35. The van der Waals surface area contributed by atoms with Gasteiger partial charge in [-0.05, 0) is 18.2 Å². The molecular weight excluding hydrogens is 265 g/mol. The molecule has 19 heavy (non-hydrogen) atoms. The highest BCUT2D eigenvalue weighted by Crippen LogP contribution is 2.34. The van der Waals surface area contributed by atoms with E-state index < -0.39 is 23.1 Å². The monoisotopic (exact) mass is 276 g/mol. The van der Waals surface area contributed by atoms with Gasteiger partial charge in [0.2, 0.25) is 0 Å². The summed E-state index contributed by atoms with van der Waals surface area (Å²) in [5.74, 6) is -0.412. The summed E-state index contributed by atoms with van der Waals surface area (Å²) in [6, 6.07) is 3.12. The molecule has 1 fully saturated rings. The van der Waals surface area contributed by atoms with E-state index in [2.05, 4.69) is 5.16 Å². The van der Waals surface area contributed by atoms with E-state index in [1.807, 2.05) is 0 Å². The van der Waals surface area contributed by atoms with Crippen LogP contribution in [-0.2, 0) is 10.9 Å². The SMILES string of the molecule is N/C(=N/O)c1cc(OC2COC2)ccc1C(F)(F)F. The topological polar surface area (TPSA) is 77.1 Å². The zero-order valence-corrected chi connectivity index (χ0v) is 9.65. The molecular formula is C11H11F3N2O3. The first-order chi connectivity index (χ1) is 8.91. The van der Waals surface area contributed by atoms with Crippen molar-refractivity contribution < 1.29 is 27.9 Å². The van der Waals surface area contributed by atoms with Gasteiger partial charge in [-0.1, -0.05) is 5.16 Å². The molecule has 1 aliphatic rings. The van der Waals surface area contributed by atoms with Gasteiger partial charge in [-0.3, -0.25) is 0 Å². The third-order valence-electron chi connectivity index (χ3n) is 2.59. The zero-order chi connectivity index (χ0) is 14.0. The van der Waals surface area contributed by atoms with Crippen molar-refractivity contribution in [3.05, 3.63) is 29.3 Å². The molecule has 1 aliphatic heterocycles. The summed E-state index contributed by atoms with van der Waals surface area (Å²) >= 11 is 0. The molecule has 1 saturated heterocycles. The summed E-state index contributed by atoms with van der Waals surface area (Å²) in [7, 11) is 0. The second-order valence-corrected chi connectivity index (χ2v) is 3.97. The number of benzene rings is 1. The quantitative estimate of drug-likeness (QED) is 0.380. The number of alkyl halides is 3. The van der Waals surface area contributed by atoms with E-state index in [1.54, 1.807) is 0 Å². The van der Waals surface area contributed by atoms with Gasteiger partial charge >= 0.3 is 6.18 Å². The normalized spacial score (nSPS) is 17.1. The van der Waals surface area contributed by atoms with E-state index in [9.17, 15) is 13.2 Å². The average molecular weight is 276 g/mol. The van der Waals surface area contributed by atoms with Crippen LogP contribution in [0.4, 0.5) is 13.2 Å². The number of amidine groups is 1. The number of nitrogens with two attached hydrogens (primary N) is 1. The molecule has 0 atom stereocenters. The van der Waals surface area contributed by atoms with Crippen molar-refractivity contribution in [2.24, 2.45) is 10.9 Å². The summed E-state index contributed by atoms with van der Waals surface area (Å²) in [4.78, 5) is 0. The Morgan fingerprint density at radius 2 is 2.11 bits per heavy atom. The van der Waals surface area contributed by atoms with Crippen molar-refractivity contribution in [3.63, 3.8) is 0 Å². The first-order valence-electron chi connectivity index (χ1n) is 5.35.